The second kappa shape index (κ2) is 5.75. The predicted octanol–water partition coefficient (Wildman–Crippen LogP) is 3.25. The first-order chi connectivity index (χ1) is 8.97. The number of nitrogens with zero attached hydrogens (tertiary/aromatic N) is 1. The van der Waals surface area contributed by atoms with Crippen LogP contribution >= 0.6 is 24.0 Å². The van der Waals surface area contributed by atoms with Gasteiger partial charge in [0.2, 0.25) is 0 Å². The molecule has 1 amide bonds. The third-order valence-corrected chi connectivity index (χ3v) is 3.99. The van der Waals surface area contributed by atoms with Gasteiger partial charge >= 0.3 is 0 Å². The zero-order chi connectivity index (χ0) is 14.0. The Morgan fingerprint density at radius 2 is 2.00 bits per heavy atom. The van der Waals surface area contributed by atoms with Gasteiger partial charge in [-0.15, -0.1) is 0 Å². The van der Waals surface area contributed by atoms with Gasteiger partial charge in [-0.1, -0.05) is 50.0 Å². The SMILES string of the molecule is CC(C)CN1C(=O)/C(=C/c2ccc(O)cc2)SC1=S. The Morgan fingerprint density at radius 3 is 2.58 bits per heavy atom. The largest absolute Gasteiger partial charge is 0.508 e. The number of phenols is 1. The molecule has 1 N–H and O–H groups in total. The molecule has 0 saturated carbocycles. The zero-order valence-electron chi connectivity index (χ0n) is 10.8. The lowest BCUT2D eigenvalue weighted by atomic mass is 10.2. The summed E-state index contributed by atoms with van der Waals surface area (Å²) in [6.45, 7) is 4.77. The van der Waals surface area contributed by atoms with Crippen LogP contribution in [0.5, 0.6) is 5.75 Å². The summed E-state index contributed by atoms with van der Waals surface area (Å²) in [6, 6.07) is 6.73. The standard InChI is InChI=1S/C14H15NO2S2/c1-9(2)8-15-13(17)12(19-14(15)18)7-10-3-5-11(16)6-4-10/h3-7,9,16H,8H2,1-2H3/b12-7-. The molecule has 0 aromatic heterocycles. The second-order valence-corrected chi connectivity index (χ2v) is 6.45. The average molecular weight is 293 g/mol. The lowest BCUT2D eigenvalue weighted by molar-refractivity contribution is -0.122. The fourth-order valence-electron chi connectivity index (χ4n) is 1.74. The fourth-order valence-corrected chi connectivity index (χ4v) is 3.02. The quantitative estimate of drug-likeness (QED) is 0.686. The normalized spacial score (nSPS) is 17.8. The smallest absolute Gasteiger partial charge is 0.266 e. The number of carbonyl (C=O) groups is 1. The van der Waals surface area contributed by atoms with Gasteiger partial charge in [0, 0.05) is 6.54 Å². The Morgan fingerprint density at radius 1 is 1.37 bits per heavy atom. The topological polar surface area (TPSA) is 40.5 Å². The van der Waals surface area contributed by atoms with E-state index in [-0.39, 0.29) is 11.7 Å². The highest BCUT2D eigenvalue weighted by atomic mass is 32.2. The molecule has 2 rings (SSSR count). The van der Waals surface area contributed by atoms with Crippen molar-refractivity contribution in [3.8, 4) is 5.75 Å². The number of aromatic hydroxyl groups is 1. The molecule has 100 valence electrons. The lowest BCUT2D eigenvalue weighted by Crippen LogP contribution is -2.31. The van der Waals surface area contributed by atoms with Gasteiger partial charge in [-0.25, -0.2) is 0 Å². The van der Waals surface area contributed by atoms with Crippen LogP contribution in [0.25, 0.3) is 6.08 Å². The molecule has 1 heterocycles. The number of benzene rings is 1. The third kappa shape index (κ3) is 3.36. The zero-order valence-corrected chi connectivity index (χ0v) is 12.4. The van der Waals surface area contributed by atoms with E-state index >= 15 is 0 Å². The molecular formula is C14H15NO2S2. The van der Waals surface area contributed by atoms with Crippen LogP contribution in [0.4, 0.5) is 0 Å². The highest BCUT2D eigenvalue weighted by molar-refractivity contribution is 8.26. The van der Waals surface area contributed by atoms with Crippen LogP contribution in [-0.2, 0) is 4.79 Å². The molecule has 1 aliphatic heterocycles. The van der Waals surface area contributed by atoms with Crippen molar-refractivity contribution in [3.05, 3.63) is 34.7 Å². The summed E-state index contributed by atoms with van der Waals surface area (Å²) in [5.74, 6) is 0.566. The van der Waals surface area contributed by atoms with Crippen molar-refractivity contribution in [3.63, 3.8) is 0 Å². The highest BCUT2D eigenvalue weighted by Crippen LogP contribution is 2.33. The minimum atomic E-state index is -0.0308. The van der Waals surface area contributed by atoms with Crippen molar-refractivity contribution in [2.75, 3.05) is 6.54 Å². The van der Waals surface area contributed by atoms with E-state index in [0.717, 1.165) is 5.56 Å². The molecule has 1 aliphatic rings. The third-order valence-electron chi connectivity index (χ3n) is 2.61. The van der Waals surface area contributed by atoms with E-state index in [2.05, 4.69) is 13.8 Å². The van der Waals surface area contributed by atoms with Gasteiger partial charge in [0.15, 0.2) is 0 Å². The molecule has 1 aromatic carbocycles. The Balaban J connectivity index is 2.20. The van der Waals surface area contributed by atoms with Crippen molar-refractivity contribution < 1.29 is 9.90 Å². The molecule has 0 atom stereocenters. The highest BCUT2D eigenvalue weighted by Gasteiger charge is 2.32. The Hall–Kier alpha value is -1.33. The summed E-state index contributed by atoms with van der Waals surface area (Å²) in [6.07, 6.45) is 1.80. The van der Waals surface area contributed by atoms with E-state index in [1.54, 1.807) is 35.2 Å². The number of thioether (sulfide) groups is 1. The van der Waals surface area contributed by atoms with Crippen LogP contribution in [0.2, 0.25) is 0 Å². The van der Waals surface area contributed by atoms with E-state index < -0.39 is 0 Å². The summed E-state index contributed by atoms with van der Waals surface area (Å²) in [4.78, 5) is 14.5. The minimum absolute atomic E-state index is 0.0308. The number of amides is 1. The Kier molecular flexibility index (Phi) is 4.27. The summed E-state index contributed by atoms with van der Waals surface area (Å²) in [5, 5.41) is 9.23. The summed E-state index contributed by atoms with van der Waals surface area (Å²) in [7, 11) is 0. The van der Waals surface area contributed by atoms with Crippen LogP contribution in [0.3, 0.4) is 0 Å². The van der Waals surface area contributed by atoms with Crippen LogP contribution in [0.1, 0.15) is 19.4 Å². The van der Waals surface area contributed by atoms with Crippen LogP contribution < -0.4 is 0 Å². The molecule has 1 saturated heterocycles. The maximum atomic E-state index is 12.2. The number of hydrogen-bond donors (Lipinski definition) is 1. The minimum Gasteiger partial charge on any atom is -0.508 e. The van der Waals surface area contributed by atoms with Crippen LogP contribution in [-0.4, -0.2) is 26.8 Å². The molecule has 0 aliphatic carbocycles. The molecule has 3 nitrogen and oxygen atoms in total. The molecule has 5 heteroatoms. The van der Waals surface area contributed by atoms with Gasteiger partial charge in [0.05, 0.1) is 4.91 Å². The first kappa shape index (κ1) is 14.1. The van der Waals surface area contributed by atoms with E-state index in [1.807, 2.05) is 0 Å². The van der Waals surface area contributed by atoms with Gasteiger partial charge < -0.3 is 5.11 Å². The van der Waals surface area contributed by atoms with Gasteiger partial charge in [0.1, 0.15) is 10.1 Å². The molecule has 0 radical (unpaired) electrons. The van der Waals surface area contributed by atoms with Gasteiger partial charge in [-0.2, -0.15) is 0 Å². The van der Waals surface area contributed by atoms with Gasteiger partial charge in [0.25, 0.3) is 5.91 Å². The number of rotatable bonds is 3. The number of carbonyl (C=O) groups excluding carboxylic acids is 1. The first-order valence-corrected chi connectivity index (χ1v) is 7.24. The first-order valence-electron chi connectivity index (χ1n) is 6.02. The molecule has 0 bridgehead atoms. The fraction of sp³-hybridized carbons (Fsp3) is 0.286. The lowest BCUT2D eigenvalue weighted by Gasteiger charge is -2.16. The Labute approximate surface area is 122 Å². The molecule has 0 unspecified atom stereocenters. The predicted molar refractivity (Wildman–Crippen MR) is 82.8 cm³/mol. The maximum Gasteiger partial charge on any atom is 0.266 e. The number of thiocarbonyl (C=S) groups is 1. The van der Waals surface area contributed by atoms with E-state index in [0.29, 0.717) is 21.7 Å². The number of hydrogen-bond acceptors (Lipinski definition) is 4. The molecule has 19 heavy (non-hydrogen) atoms. The maximum absolute atomic E-state index is 12.2. The van der Waals surface area contributed by atoms with Crippen molar-refractivity contribution in [2.24, 2.45) is 5.92 Å². The van der Waals surface area contributed by atoms with E-state index in [1.165, 1.54) is 11.8 Å². The molecule has 1 fully saturated rings. The summed E-state index contributed by atoms with van der Waals surface area (Å²) in [5.41, 5.74) is 0.878. The second-order valence-electron chi connectivity index (χ2n) is 4.78. The van der Waals surface area contributed by atoms with Gasteiger partial charge in [-0.05, 0) is 29.7 Å². The van der Waals surface area contributed by atoms with Crippen molar-refractivity contribution in [1.29, 1.82) is 0 Å². The van der Waals surface area contributed by atoms with Crippen LogP contribution in [0.15, 0.2) is 29.2 Å². The van der Waals surface area contributed by atoms with Gasteiger partial charge in [-0.3, -0.25) is 9.69 Å². The monoisotopic (exact) mass is 293 g/mol. The van der Waals surface area contributed by atoms with Crippen LogP contribution in [0, 0.1) is 5.92 Å². The van der Waals surface area contributed by atoms with Crippen molar-refractivity contribution >= 4 is 40.3 Å². The van der Waals surface area contributed by atoms with E-state index in [4.69, 9.17) is 12.2 Å². The number of phenolic OH excluding ortho intramolecular Hbond substituents is 1. The summed E-state index contributed by atoms with van der Waals surface area (Å²) >= 11 is 6.57. The van der Waals surface area contributed by atoms with Crippen molar-refractivity contribution in [1.82, 2.24) is 4.90 Å². The summed E-state index contributed by atoms with van der Waals surface area (Å²) < 4.78 is 0.615. The van der Waals surface area contributed by atoms with Crippen molar-refractivity contribution in [2.45, 2.75) is 13.8 Å². The van der Waals surface area contributed by atoms with E-state index in [9.17, 15) is 9.90 Å². The molecular weight excluding hydrogens is 278 g/mol. The molecule has 1 aromatic rings. The molecule has 0 spiro atoms. The Bertz CT molecular complexity index is 535. The average Bonchev–Trinajstić information content (AvgIpc) is 2.60.